The molecule has 2 aliphatic rings. The highest BCUT2D eigenvalue weighted by Crippen LogP contribution is 2.42. The van der Waals surface area contributed by atoms with Gasteiger partial charge in [0.2, 0.25) is 11.8 Å². The van der Waals surface area contributed by atoms with Crippen LogP contribution in [0.25, 0.3) is 0 Å². The molecule has 3 N–H and O–H groups in total. The van der Waals surface area contributed by atoms with Crippen LogP contribution in [0.15, 0.2) is 30.5 Å². The van der Waals surface area contributed by atoms with Crippen LogP contribution in [0.5, 0.6) is 0 Å². The molecule has 1 heterocycles. The van der Waals surface area contributed by atoms with Crippen LogP contribution in [0, 0.1) is 23.6 Å². The van der Waals surface area contributed by atoms with Crippen molar-refractivity contribution in [3.05, 3.63) is 47.5 Å². The zero-order valence-corrected chi connectivity index (χ0v) is 26.9. The molecule has 12 heteroatoms. The molecule has 254 valence electrons. The van der Waals surface area contributed by atoms with Crippen molar-refractivity contribution in [3.8, 4) is 0 Å². The summed E-state index contributed by atoms with van der Waals surface area (Å²) in [5.41, 5.74) is 0.380. The molecule has 2 aliphatic carbocycles. The number of nitrogens with zero attached hydrogens (tertiary/aromatic N) is 2. The molecule has 0 saturated heterocycles. The van der Waals surface area contributed by atoms with E-state index in [2.05, 4.69) is 15.7 Å². The molecule has 3 unspecified atom stereocenters. The summed E-state index contributed by atoms with van der Waals surface area (Å²) in [6, 6.07) is 2.45. The van der Waals surface area contributed by atoms with Crippen molar-refractivity contribution in [3.63, 3.8) is 0 Å². The molecule has 0 aliphatic heterocycles. The highest BCUT2D eigenvalue weighted by molar-refractivity contribution is 6.01. The number of carbonyl (C=O) groups excluding carboxylic acids is 3. The summed E-state index contributed by atoms with van der Waals surface area (Å²) in [6.07, 6.45) is 8.81. The molecule has 2 saturated carbocycles. The number of hydrogen-bond donors (Lipinski definition) is 3. The van der Waals surface area contributed by atoms with Crippen LogP contribution in [-0.2, 0) is 9.59 Å². The van der Waals surface area contributed by atoms with Crippen molar-refractivity contribution >= 4 is 23.4 Å². The summed E-state index contributed by atoms with van der Waals surface area (Å²) in [7, 11) is 0. The van der Waals surface area contributed by atoms with Gasteiger partial charge in [-0.1, -0.05) is 70.3 Å². The fourth-order valence-electron chi connectivity index (χ4n) is 7.17. The molecule has 1 aromatic heterocycles. The number of halogens is 4. The van der Waals surface area contributed by atoms with E-state index in [0.717, 1.165) is 70.3 Å². The van der Waals surface area contributed by atoms with Crippen molar-refractivity contribution in [2.75, 3.05) is 12.0 Å². The van der Waals surface area contributed by atoms with Gasteiger partial charge in [0.25, 0.3) is 12.3 Å². The van der Waals surface area contributed by atoms with Crippen molar-refractivity contribution in [1.29, 1.82) is 0 Å². The number of nitrogens with one attached hydrogen (secondary N) is 3. The Kier molecular flexibility index (Phi) is 12.6. The van der Waals surface area contributed by atoms with Gasteiger partial charge in [-0.25, -0.2) is 17.6 Å². The SMILES string of the molecule is CC(C(=O)NC(CF)C(F)F)c1ccc(NC(=O)C(NC(=O)c2ccnn2C(C)C)C(C2CCCCC2)C2CCCCC2)c(F)c1. The van der Waals surface area contributed by atoms with Crippen LogP contribution in [0.4, 0.5) is 23.2 Å². The summed E-state index contributed by atoms with van der Waals surface area (Å²) in [5, 5.41) is 12.0. The lowest BCUT2D eigenvalue weighted by Crippen LogP contribution is -2.53. The maximum absolute atomic E-state index is 15.5. The van der Waals surface area contributed by atoms with E-state index in [9.17, 15) is 27.6 Å². The largest absolute Gasteiger partial charge is 0.344 e. The first kappa shape index (κ1) is 35.4. The number of rotatable bonds is 13. The lowest BCUT2D eigenvalue weighted by Gasteiger charge is -2.42. The smallest absolute Gasteiger partial charge is 0.270 e. The summed E-state index contributed by atoms with van der Waals surface area (Å²) in [6.45, 7) is 3.79. The number of anilines is 1. The third-order valence-electron chi connectivity index (χ3n) is 9.68. The van der Waals surface area contributed by atoms with Crippen LogP contribution >= 0.6 is 0 Å². The quantitative estimate of drug-likeness (QED) is 0.205. The molecular formula is C34H47F4N5O3. The van der Waals surface area contributed by atoms with E-state index < -0.39 is 54.6 Å². The standard InChI is InChI=1S/C34H47F4N5O3/c1-20(2)43-28(16-17-39-43)33(45)42-30(29(22-10-6-4-7-11-22)23-12-8-5-9-13-23)34(46)40-26-15-14-24(18-25(26)36)21(3)32(44)41-27(19-35)31(37)38/h14-18,20-23,27,29-31H,4-13,19H2,1-3H3,(H,40,46)(H,41,44)(H,42,45). The zero-order valence-electron chi connectivity index (χ0n) is 26.9. The number of aromatic nitrogens is 2. The molecule has 0 bridgehead atoms. The van der Waals surface area contributed by atoms with Crippen molar-refractivity contribution < 1.29 is 31.9 Å². The molecule has 2 fully saturated rings. The first-order valence-electron chi connectivity index (χ1n) is 16.6. The molecule has 3 amide bonds. The third-order valence-corrected chi connectivity index (χ3v) is 9.68. The highest BCUT2D eigenvalue weighted by Gasteiger charge is 2.41. The maximum atomic E-state index is 15.5. The van der Waals surface area contributed by atoms with Crippen molar-refractivity contribution in [1.82, 2.24) is 20.4 Å². The van der Waals surface area contributed by atoms with E-state index in [-0.39, 0.29) is 35.0 Å². The lowest BCUT2D eigenvalue weighted by molar-refractivity contribution is -0.124. The van der Waals surface area contributed by atoms with Gasteiger partial charge < -0.3 is 16.0 Å². The first-order chi connectivity index (χ1) is 22.0. The predicted octanol–water partition coefficient (Wildman–Crippen LogP) is 6.94. The second-order valence-corrected chi connectivity index (χ2v) is 13.1. The normalized spacial score (nSPS) is 18.4. The van der Waals surface area contributed by atoms with Gasteiger partial charge in [-0.2, -0.15) is 5.10 Å². The minimum absolute atomic E-state index is 0.0779. The third kappa shape index (κ3) is 8.67. The van der Waals surface area contributed by atoms with E-state index in [1.165, 1.54) is 19.1 Å². The number of benzene rings is 1. The summed E-state index contributed by atoms with van der Waals surface area (Å²) >= 11 is 0. The van der Waals surface area contributed by atoms with Crippen molar-refractivity contribution in [2.45, 2.75) is 115 Å². The second-order valence-electron chi connectivity index (χ2n) is 13.1. The van der Waals surface area contributed by atoms with E-state index in [0.29, 0.717) is 5.69 Å². The number of hydrogen-bond acceptors (Lipinski definition) is 4. The lowest BCUT2D eigenvalue weighted by atomic mass is 9.66. The molecule has 46 heavy (non-hydrogen) atoms. The van der Waals surface area contributed by atoms with Crippen LogP contribution in [0.1, 0.15) is 113 Å². The van der Waals surface area contributed by atoms with Gasteiger partial charge in [-0.3, -0.25) is 19.1 Å². The predicted molar refractivity (Wildman–Crippen MR) is 168 cm³/mol. The molecule has 2 aromatic rings. The zero-order chi connectivity index (χ0) is 33.4. The van der Waals surface area contributed by atoms with Crippen LogP contribution < -0.4 is 16.0 Å². The van der Waals surface area contributed by atoms with Crippen LogP contribution in [-0.4, -0.2) is 52.7 Å². The first-order valence-corrected chi connectivity index (χ1v) is 16.6. The summed E-state index contributed by atoms with van der Waals surface area (Å²) in [4.78, 5) is 40.4. The van der Waals surface area contributed by atoms with Crippen LogP contribution in [0.3, 0.4) is 0 Å². The topological polar surface area (TPSA) is 105 Å². The fourth-order valence-corrected chi connectivity index (χ4v) is 7.17. The van der Waals surface area contributed by atoms with Gasteiger partial charge in [0.1, 0.15) is 30.3 Å². The molecule has 8 nitrogen and oxygen atoms in total. The molecule has 0 spiro atoms. The monoisotopic (exact) mass is 649 g/mol. The van der Waals surface area contributed by atoms with E-state index >= 15 is 4.39 Å². The van der Waals surface area contributed by atoms with Gasteiger partial charge in [0.05, 0.1) is 11.6 Å². The second kappa shape index (κ2) is 16.4. The Morgan fingerprint density at radius 3 is 2.02 bits per heavy atom. The molecule has 0 radical (unpaired) electrons. The number of alkyl halides is 3. The Bertz CT molecular complexity index is 1310. The minimum Gasteiger partial charge on any atom is -0.344 e. The minimum atomic E-state index is -3.08. The van der Waals surface area contributed by atoms with E-state index in [1.807, 2.05) is 19.2 Å². The Hall–Kier alpha value is -3.44. The highest BCUT2D eigenvalue weighted by atomic mass is 19.3. The van der Waals surface area contributed by atoms with Crippen molar-refractivity contribution in [2.24, 2.45) is 17.8 Å². The molecule has 4 rings (SSSR count). The van der Waals surface area contributed by atoms with E-state index in [4.69, 9.17) is 0 Å². The summed E-state index contributed by atoms with van der Waals surface area (Å²) in [5.74, 6) is -3.36. The average molecular weight is 650 g/mol. The molecule has 1 aromatic carbocycles. The van der Waals surface area contributed by atoms with Gasteiger partial charge in [0, 0.05) is 12.2 Å². The Morgan fingerprint density at radius 1 is 0.891 bits per heavy atom. The molecular weight excluding hydrogens is 602 g/mol. The number of amides is 3. The van der Waals surface area contributed by atoms with Gasteiger partial charge in [-0.15, -0.1) is 0 Å². The van der Waals surface area contributed by atoms with Gasteiger partial charge in [0.15, 0.2) is 0 Å². The van der Waals surface area contributed by atoms with Gasteiger partial charge >= 0.3 is 0 Å². The van der Waals surface area contributed by atoms with Gasteiger partial charge in [-0.05, 0) is 62.3 Å². The van der Waals surface area contributed by atoms with Crippen LogP contribution in [0.2, 0.25) is 0 Å². The summed E-state index contributed by atoms with van der Waals surface area (Å²) < 4.78 is 55.9. The average Bonchev–Trinajstić information content (AvgIpc) is 3.55. The Morgan fingerprint density at radius 2 is 1.50 bits per heavy atom. The fraction of sp³-hybridized carbons (Fsp3) is 0.647. The Balaban J connectivity index is 1.61. The number of carbonyl (C=O) groups is 3. The van der Waals surface area contributed by atoms with E-state index in [1.54, 1.807) is 16.9 Å². The Labute approximate surface area is 268 Å². The molecule has 3 atom stereocenters. The maximum Gasteiger partial charge on any atom is 0.270 e.